The molecule has 0 aromatic rings. The molecule has 104 valence electrons. The van der Waals surface area contributed by atoms with Crippen molar-refractivity contribution in [2.45, 2.75) is 38.9 Å². The third-order valence-electron chi connectivity index (χ3n) is 5.08. The predicted molar refractivity (Wildman–Crippen MR) is 73.2 cm³/mol. The van der Waals surface area contributed by atoms with Gasteiger partial charge in [0.25, 0.3) is 0 Å². The monoisotopic (exact) mass is 271 g/mol. The van der Waals surface area contributed by atoms with Gasteiger partial charge in [0.2, 0.25) is 0 Å². The summed E-state index contributed by atoms with van der Waals surface area (Å²) in [5, 5.41) is 9.16. The van der Waals surface area contributed by atoms with Gasteiger partial charge in [-0.1, -0.05) is 20.8 Å². The van der Waals surface area contributed by atoms with Crippen molar-refractivity contribution < 1.29 is 14.3 Å². The van der Waals surface area contributed by atoms with E-state index in [4.69, 9.17) is 9.53 Å². The Kier molecular flexibility index (Phi) is 3.26. The van der Waals surface area contributed by atoms with Crippen LogP contribution in [0.4, 0.5) is 4.79 Å². The molecule has 1 aliphatic heterocycles. The van der Waals surface area contributed by atoms with Gasteiger partial charge in [-0.3, -0.25) is 0 Å². The normalized spacial score (nSPS) is 31.4. The van der Waals surface area contributed by atoms with Crippen molar-refractivity contribution in [3.8, 4) is 0 Å². The fourth-order valence-corrected chi connectivity index (χ4v) is 3.62. The van der Waals surface area contributed by atoms with E-state index in [9.17, 15) is 4.79 Å². The molecule has 1 saturated carbocycles. The van der Waals surface area contributed by atoms with E-state index in [1.54, 1.807) is 0 Å². The van der Waals surface area contributed by atoms with Crippen LogP contribution in [0.2, 0.25) is 18.1 Å². The van der Waals surface area contributed by atoms with Crippen molar-refractivity contribution in [1.29, 1.82) is 0 Å². The van der Waals surface area contributed by atoms with E-state index in [-0.39, 0.29) is 5.04 Å². The van der Waals surface area contributed by atoms with E-state index in [1.165, 1.54) is 4.90 Å². The van der Waals surface area contributed by atoms with Crippen molar-refractivity contribution >= 4 is 14.4 Å². The molecule has 2 aliphatic rings. The molecule has 0 bridgehead atoms. The molecule has 2 fully saturated rings. The highest BCUT2D eigenvalue weighted by Gasteiger charge is 2.57. The molecule has 0 radical (unpaired) electrons. The lowest BCUT2D eigenvalue weighted by Gasteiger charge is -2.36. The minimum atomic E-state index is -1.64. The van der Waals surface area contributed by atoms with Crippen LogP contribution in [0.5, 0.6) is 0 Å². The van der Waals surface area contributed by atoms with Gasteiger partial charge in [-0.05, 0) is 35.9 Å². The number of nitrogens with zero attached hydrogens (tertiary/aromatic N) is 1. The van der Waals surface area contributed by atoms with Gasteiger partial charge in [-0.15, -0.1) is 0 Å². The number of hydrogen-bond donors (Lipinski definition) is 1. The van der Waals surface area contributed by atoms with Crippen LogP contribution in [0.25, 0.3) is 0 Å². The van der Waals surface area contributed by atoms with Crippen molar-refractivity contribution in [2.24, 2.45) is 17.8 Å². The number of carboxylic acid groups (broad SMARTS) is 1. The van der Waals surface area contributed by atoms with Gasteiger partial charge >= 0.3 is 6.09 Å². The van der Waals surface area contributed by atoms with Crippen molar-refractivity contribution in [3.63, 3.8) is 0 Å². The highest BCUT2D eigenvalue weighted by molar-refractivity contribution is 6.74. The van der Waals surface area contributed by atoms with Crippen LogP contribution in [0, 0.1) is 17.8 Å². The van der Waals surface area contributed by atoms with Gasteiger partial charge in [0.05, 0.1) is 0 Å². The van der Waals surface area contributed by atoms with E-state index >= 15 is 0 Å². The minimum Gasteiger partial charge on any atom is -0.465 e. The first-order valence-electron chi connectivity index (χ1n) is 6.75. The quantitative estimate of drug-likeness (QED) is 0.803. The third kappa shape index (κ3) is 2.43. The highest BCUT2D eigenvalue weighted by atomic mass is 28.4. The number of carbonyl (C=O) groups is 1. The summed E-state index contributed by atoms with van der Waals surface area (Å²) in [4.78, 5) is 12.4. The Balaban J connectivity index is 1.78. The second-order valence-electron chi connectivity index (χ2n) is 7.25. The lowest BCUT2D eigenvalue weighted by Crippen LogP contribution is -2.41. The van der Waals surface area contributed by atoms with Gasteiger partial charge in [0.15, 0.2) is 8.32 Å². The molecule has 1 N–H and O–H groups in total. The molecule has 1 heterocycles. The molecule has 2 rings (SSSR count). The van der Waals surface area contributed by atoms with Crippen molar-refractivity contribution in [3.05, 3.63) is 0 Å². The van der Waals surface area contributed by atoms with Gasteiger partial charge in [0.1, 0.15) is 0 Å². The molecule has 0 spiro atoms. The average Bonchev–Trinajstić information content (AvgIpc) is 2.67. The zero-order chi connectivity index (χ0) is 13.7. The molecule has 0 aromatic heterocycles. The van der Waals surface area contributed by atoms with Gasteiger partial charge in [-0.2, -0.15) is 0 Å². The topological polar surface area (TPSA) is 49.8 Å². The van der Waals surface area contributed by atoms with E-state index in [2.05, 4.69) is 33.9 Å². The van der Waals surface area contributed by atoms with E-state index in [0.29, 0.717) is 30.8 Å². The van der Waals surface area contributed by atoms with E-state index in [1.807, 2.05) is 0 Å². The van der Waals surface area contributed by atoms with Crippen LogP contribution >= 0.6 is 0 Å². The number of likely N-dealkylation sites (tertiary alicyclic amines) is 1. The van der Waals surface area contributed by atoms with Gasteiger partial charge in [0, 0.05) is 19.7 Å². The zero-order valence-corrected chi connectivity index (χ0v) is 13.1. The fraction of sp³-hybridized carbons (Fsp3) is 0.923. The summed E-state index contributed by atoms with van der Waals surface area (Å²) in [6.45, 7) is 13.6. The van der Waals surface area contributed by atoms with Crippen LogP contribution in [0.15, 0.2) is 0 Å². The summed E-state index contributed by atoms with van der Waals surface area (Å²) in [6, 6.07) is 0. The summed E-state index contributed by atoms with van der Waals surface area (Å²) < 4.78 is 6.22. The first-order chi connectivity index (χ1) is 8.13. The summed E-state index contributed by atoms with van der Waals surface area (Å²) in [5.41, 5.74) is 0. The fourth-order valence-electron chi connectivity index (χ4n) is 2.57. The molecular formula is C13H25NO3Si. The maximum absolute atomic E-state index is 10.8. The molecule has 5 heteroatoms. The number of piperidine rings is 1. The Bertz CT molecular complexity index is 339. The number of amides is 1. The molecule has 3 atom stereocenters. The van der Waals surface area contributed by atoms with E-state index < -0.39 is 14.4 Å². The third-order valence-corrected chi connectivity index (χ3v) is 9.59. The minimum absolute atomic E-state index is 0.254. The summed E-state index contributed by atoms with van der Waals surface area (Å²) in [7, 11) is -1.64. The Hall–Kier alpha value is -0.553. The largest absolute Gasteiger partial charge is 0.465 e. The molecule has 1 saturated heterocycles. The second kappa shape index (κ2) is 4.23. The first-order valence-corrected chi connectivity index (χ1v) is 9.66. The highest BCUT2D eigenvalue weighted by Crippen LogP contribution is 2.52. The maximum atomic E-state index is 10.8. The van der Waals surface area contributed by atoms with Crippen LogP contribution in [-0.4, -0.2) is 44.1 Å². The lowest BCUT2D eigenvalue weighted by atomic mass is 10.2. The number of hydrogen-bond acceptors (Lipinski definition) is 2. The second-order valence-corrected chi connectivity index (χ2v) is 12.1. The Labute approximate surface area is 110 Å². The standard InChI is InChI=1S/C13H25NO3Si/c1-13(2,3)18(4,5)17-8-11-9-6-14(12(15)16)7-10(9)11/h9-11H,6-8H2,1-5H3,(H,15,16)/t9-,10?,11?/m0/s1. The summed E-state index contributed by atoms with van der Waals surface area (Å²) in [6.07, 6.45) is -0.772. The van der Waals surface area contributed by atoms with Crippen molar-refractivity contribution in [2.75, 3.05) is 19.7 Å². The van der Waals surface area contributed by atoms with Gasteiger partial charge < -0.3 is 14.4 Å². The van der Waals surface area contributed by atoms with Crippen LogP contribution < -0.4 is 0 Å². The molecule has 0 aromatic carbocycles. The number of fused-ring (bicyclic) bond motifs is 1. The SMILES string of the molecule is CC(C)(C)[Si](C)(C)OCC1C2CN(C(=O)O)C[C@H]12. The van der Waals surface area contributed by atoms with Crippen LogP contribution in [0.1, 0.15) is 20.8 Å². The van der Waals surface area contributed by atoms with Crippen LogP contribution in [-0.2, 0) is 4.43 Å². The molecule has 18 heavy (non-hydrogen) atoms. The molecular weight excluding hydrogens is 246 g/mol. The molecule has 1 aliphatic carbocycles. The zero-order valence-electron chi connectivity index (χ0n) is 12.1. The molecule has 1 amide bonds. The lowest BCUT2D eigenvalue weighted by molar-refractivity contribution is 0.144. The Morgan fingerprint density at radius 3 is 2.22 bits per heavy atom. The van der Waals surface area contributed by atoms with Crippen molar-refractivity contribution in [1.82, 2.24) is 4.90 Å². The first kappa shape index (κ1) is 13.9. The maximum Gasteiger partial charge on any atom is 0.407 e. The smallest absolute Gasteiger partial charge is 0.407 e. The van der Waals surface area contributed by atoms with Crippen LogP contribution in [0.3, 0.4) is 0 Å². The van der Waals surface area contributed by atoms with E-state index in [0.717, 1.165) is 6.61 Å². The van der Waals surface area contributed by atoms with Gasteiger partial charge in [-0.25, -0.2) is 4.79 Å². The summed E-state index contributed by atoms with van der Waals surface area (Å²) >= 11 is 0. The predicted octanol–water partition coefficient (Wildman–Crippen LogP) is 2.86. The molecule has 2 unspecified atom stereocenters. The molecule has 4 nitrogen and oxygen atoms in total. The Morgan fingerprint density at radius 2 is 1.83 bits per heavy atom. The average molecular weight is 271 g/mol. The Morgan fingerprint density at radius 1 is 1.33 bits per heavy atom. The summed E-state index contributed by atoms with van der Waals surface area (Å²) in [5.74, 6) is 1.73. The number of rotatable bonds is 3.